The zero-order valence-electron chi connectivity index (χ0n) is 11.6. The van der Waals surface area contributed by atoms with Gasteiger partial charge in [-0.15, -0.1) is 0 Å². The third kappa shape index (κ3) is 2.34. The Kier molecular flexibility index (Phi) is 3.21. The largest absolute Gasteiger partial charge is 0.310 e. The number of nitrogens with one attached hydrogen (secondary N) is 2. The number of rotatable bonds is 2. The number of carbonyl (C=O) groups excluding carboxylic acids is 1. The number of amides is 1. The molecular weight excluding hydrogens is 288 g/mol. The van der Waals surface area contributed by atoms with Crippen molar-refractivity contribution in [3.63, 3.8) is 0 Å². The molecule has 22 heavy (non-hydrogen) atoms. The second kappa shape index (κ2) is 5.06. The van der Waals surface area contributed by atoms with Gasteiger partial charge >= 0.3 is 0 Å². The Morgan fingerprint density at radius 1 is 1.27 bits per heavy atom. The number of H-pyrrole nitrogens is 1. The third-order valence-corrected chi connectivity index (χ3v) is 3.58. The number of hydrogen-bond donors (Lipinski definition) is 2. The normalized spacial score (nSPS) is 16.8. The van der Waals surface area contributed by atoms with E-state index in [1.54, 1.807) is 19.1 Å². The summed E-state index contributed by atoms with van der Waals surface area (Å²) in [7, 11) is 0. The van der Waals surface area contributed by atoms with Crippen LogP contribution in [0.5, 0.6) is 0 Å². The van der Waals surface area contributed by atoms with Crippen molar-refractivity contribution >= 4 is 17.4 Å². The summed E-state index contributed by atoms with van der Waals surface area (Å²) in [5.74, 6) is -0.0518. The highest BCUT2D eigenvalue weighted by molar-refractivity contribution is 5.94. The van der Waals surface area contributed by atoms with E-state index in [0.717, 1.165) is 0 Å². The zero-order chi connectivity index (χ0) is 15.9. The van der Waals surface area contributed by atoms with Crippen LogP contribution in [0.4, 0.5) is 11.5 Å². The second-order valence-electron chi connectivity index (χ2n) is 5.07. The molecule has 1 atom stereocenters. The second-order valence-corrected chi connectivity index (χ2v) is 5.07. The highest BCUT2D eigenvalue weighted by Gasteiger charge is 2.30. The molecule has 2 heterocycles. The molecule has 8 heteroatoms. The summed E-state index contributed by atoms with van der Waals surface area (Å²) < 4.78 is 0. The molecule has 0 saturated carbocycles. The first-order valence-electron chi connectivity index (χ1n) is 6.60. The number of carbonyl (C=O) groups is 1. The number of nitro groups is 1. The maximum atomic E-state index is 12.2. The van der Waals surface area contributed by atoms with Gasteiger partial charge in [-0.3, -0.25) is 19.7 Å². The molecule has 1 aromatic carbocycles. The van der Waals surface area contributed by atoms with Crippen molar-refractivity contribution in [2.45, 2.75) is 19.3 Å². The fourth-order valence-corrected chi connectivity index (χ4v) is 2.60. The van der Waals surface area contributed by atoms with Gasteiger partial charge < -0.3 is 10.3 Å². The van der Waals surface area contributed by atoms with Gasteiger partial charge in [0.2, 0.25) is 5.91 Å². The topological polar surface area (TPSA) is 118 Å². The van der Waals surface area contributed by atoms with Gasteiger partial charge in [0.15, 0.2) is 0 Å². The Balaban J connectivity index is 2.11. The van der Waals surface area contributed by atoms with E-state index in [0.29, 0.717) is 17.0 Å². The summed E-state index contributed by atoms with van der Waals surface area (Å²) in [5.41, 5.74) is 0.683. The van der Waals surface area contributed by atoms with Crippen LogP contribution >= 0.6 is 0 Å². The first-order chi connectivity index (χ1) is 10.5. The molecule has 1 aliphatic rings. The van der Waals surface area contributed by atoms with Crippen LogP contribution in [0.25, 0.3) is 0 Å². The molecule has 2 N–H and O–H groups in total. The van der Waals surface area contributed by atoms with E-state index in [1.807, 2.05) is 0 Å². The summed E-state index contributed by atoms with van der Waals surface area (Å²) in [6.07, 6.45) is 0.0959. The lowest BCUT2D eigenvalue weighted by molar-refractivity contribution is -0.384. The molecule has 3 rings (SSSR count). The van der Waals surface area contributed by atoms with Crippen molar-refractivity contribution in [3.05, 3.63) is 61.7 Å². The van der Waals surface area contributed by atoms with Crippen LogP contribution in [0, 0.1) is 17.0 Å². The average molecular weight is 300 g/mol. The van der Waals surface area contributed by atoms with E-state index in [4.69, 9.17) is 0 Å². The number of nitro benzene ring substituents is 1. The highest BCUT2D eigenvalue weighted by atomic mass is 16.6. The van der Waals surface area contributed by atoms with Crippen LogP contribution < -0.4 is 10.9 Å². The number of nitrogens with zero attached hydrogens (tertiary/aromatic N) is 2. The van der Waals surface area contributed by atoms with Gasteiger partial charge in [0.1, 0.15) is 11.6 Å². The molecule has 1 aromatic heterocycles. The predicted octanol–water partition coefficient (Wildman–Crippen LogP) is 1.46. The van der Waals surface area contributed by atoms with Gasteiger partial charge in [0, 0.05) is 24.5 Å². The van der Waals surface area contributed by atoms with Gasteiger partial charge in [-0.2, -0.15) is 0 Å². The molecule has 1 amide bonds. The van der Waals surface area contributed by atoms with Crippen LogP contribution in [-0.4, -0.2) is 20.8 Å². The van der Waals surface area contributed by atoms with Gasteiger partial charge in [0.25, 0.3) is 11.2 Å². The Hall–Kier alpha value is -3.03. The minimum absolute atomic E-state index is 0.0415. The Bertz CT molecular complexity index is 826. The number of hydrogen-bond acceptors (Lipinski definition) is 5. The highest BCUT2D eigenvalue weighted by Crippen LogP contribution is 2.34. The molecule has 0 fully saturated rings. The molecule has 1 aliphatic heterocycles. The van der Waals surface area contributed by atoms with Crippen molar-refractivity contribution < 1.29 is 9.72 Å². The lowest BCUT2D eigenvalue weighted by Crippen LogP contribution is -2.31. The molecule has 0 aliphatic carbocycles. The van der Waals surface area contributed by atoms with E-state index in [1.165, 1.54) is 12.1 Å². The van der Waals surface area contributed by atoms with Crippen molar-refractivity contribution in [1.82, 2.24) is 9.97 Å². The minimum Gasteiger partial charge on any atom is -0.310 e. The smallest absolute Gasteiger partial charge is 0.269 e. The number of non-ortho nitro benzene ring substituents is 1. The van der Waals surface area contributed by atoms with Crippen LogP contribution in [-0.2, 0) is 4.79 Å². The summed E-state index contributed by atoms with van der Waals surface area (Å²) in [4.78, 5) is 41.0. The molecule has 8 nitrogen and oxygen atoms in total. The molecular formula is C14H12N4O4. The number of aromatic amines is 1. The van der Waals surface area contributed by atoms with Crippen molar-refractivity contribution in [2.24, 2.45) is 0 Å². The molecule has 0 saturated heterocycles. The number of benzene rings is 1. The van der Waals surface area contributed by atoms with E-state index in [2.05, 4.69) is 15.3 Å². The molecule has 2 aromatic rings. The summed E-state index contributed by atoms with van der Waals surface area (Å²) >= 11 is 0. The maximum Gasteiger partial charge on any atom is 0.269 e. The first kappa shape index (κ1) is 13.9. The first-order valence-corrected chi connectivity index (χ1v) is 6.60. The van der Waals surface area contributed by atoms with Crippen LogP contribution in [0.15, 0.2) is 29.1 Å². The van der Waals surface area contributed by atoms with E-state index in [-0.39, 0.29) is 29.4 Å². The summed E-state index contributed by atoms with van der Waals surface area (Å²) in [6, 6.07) is 5.84. The predicted molar refractivity (Wildman–Crippen MR) is 77.8 cm³/mol. The number of aromatic nitrogens is 2. The average Bonchev–Trinajstić information content (AvgIpc) is 2.45. The van der Waals surface area contributed by atoms with Gasteiger partial charge in [-0.25, -0.2) is 4.98 Å². The molecule has 112 valence electrons. The maximum absolute atomic E-state index is 12.2. The fourth-order valence-electron chi connectivity index (χ4n) is 2.60. The van der Waals surface area contributed by atoms with Crippen molar-refractivity contribution in [1.29, 1.82) is 0 Å². The SMILES string of the molecule is Cc1nc2c(c(=O)[nH]1)[C@H](c1ccc([N+](=O)[O-])cc1)CC(=O)N2. The Labute approximate surface area is 124 Å². The number of anilines is 1. The Morgan fingerprint density at radius 2 is 1.95 bits per heavy atom. The van der Waals surface area contributed by atoms with E-state index in [9.17, 15) is 19.7 Å². The minimum atomic E-state index is -0.497. The van der Waals surface area contributed by atoms with Crippen molar-refractivity contribution in [2.75, 3.05) is 5.32 Å². The summed E-state index contributed by atoms with van der Waals surface area (Å²) in [6.45, 7) is 1.63. The molecule has 0 unspecified atom stereocenters. The Morgan fingerprint density at radius 3 is 2.59 bits per heavy atom. The van der Waals surface area contributed by atoms with Gasteiger partial charge in [-0.05, 0) is 12.5 Å². The monoisotopic (exact) mass is 300 g/mol. The molecule has 0 bridgehead atoms. The zero-order valence-corrected chi connectivity index (χ0v) is 11.6. The number of aryl methyl sites for hydroxylation is 1. The third-order valence-electron chi connectivity index (χ3n) is 3.58. The molecule has 0 spiro atoms. The van der Waals surface area contributed by atoms with Crippen LogP contribution in [0.2, 0.25) is 0 Å². The lowest BCUT2D eigenvalue weighted by Gasteiger charge is -2.24. The molecule has 0 radical (unpaired) electrons. The summed E-state index contributed by atoms with van der Waals surface area (Å²) in [5, 5.41) is 13.3. The quantitative estimate of drug-likeness (QED) is 0.643. The standard InChI is InChI=1S/C14H12N4O4/c1-7-15-13-12(14(20)16-7)10(6-11(19)17-13)8-2-4-9(5-3-8)18(21)22/h2-5,10H,6H2,1H3,(H2,15,16,17,19,20)/t10-/m0/s1. The van der Waals surface area contributed by atoms with E-state index < -0.39 is 10.8 Å². The van der Waals surface area contributed by atoms with Gasteiger partial charge in [0.05, 0.1) is 10.5 Å². The van der Waals surface area contributed by atoms with Gasteiger partial charge in [-0.1, -0.05) is 12.1 Å². The number of fused-ring (bicyclic) bond motifs is 1. The van der Waals surface area contributed by atoms with Crippen molar-refractivity contribution in [3.8, 4) is 0 Å². The fraction of sp³-hybridized carbons (Fsp3) is 0.214. The lowest BCUT2D eigenvalue weighted by atomic mass is 9.87. The van der Waals surface area contributed by atoms with E-state index >= 15 is 0 Å². The van der Waals surface area contributed by atoms with Crippen LogP contribution in [0.3, 0.4) is 0 Å². The van der Waals surface area contributed by atoms with Crippen LogP contribution in [0.1, 0.15) is 29.3 Å².